The summed E-state index contributed by atoms with van der Waals surface area (Å²) in [5.41, 5.74) is 5.44. The van der Waals surface area contributed by atoms with Gasteiger partial charge in [-0.25, -0.2) is 0 Å². The largest absolute Gasteiger partial charge is 0.382 e. The van der Waals surface area contributed by atoms with E-state index in [0.717, 1.165) is 12.8 Å². The Labute approximate surface area is 82.3 Å². The van der Waals surface area contributed by atoms with Crippen molar-refractivity contribution in [2.75, 3.05) is 5.73 Å². The van der Waals surface area contributed by atoms with Crippen molar-refractivity contribution in [3.63, 3.8) is 0 Å². The fraction of sp³-hybridized carbons (Fsp3) is 0.556. The van der Waals surface area contributed by atoms with E-state index in [2.05, 4.69) is 10.4 Å². The summed E-state index contributed by atoms with van der Waals surface area (Å²) < 4.78 is 1.68. The van der Waals surface area contributed by atoms with Crippen LogP contribution in [0.15, 0.2) is 12.3 Å². The molecule has 76 valence electrons. The fourth-order valence-electron chi connectivity index (χ4n) is 1.25. The highest BCUT2D eigenvalue weighted by Gasteiger charge is 2.22. The second-order valence-electron chi connectivity index (χ2n) is 3.60. The number of nitrogens with two attached hydrogens (primary N) is 1. The first-order valence-corrected chi connectivity index (χ1v) is 4.82. The average molecular weight is 194 g/mol. The molecule has 0 radical (unpaired) electrons. The van der Waals surface area contributed by atoms with Crippen LogP contribution in [0.5, 0.6) is 0 Å². The SMILES string of the molecule is Nc1ccn(CCC(=O)NC2CC2)n1. The molecule has 1 amide bonds. The molecule has 0 unspecified atom stereocenters. The summed E-state index contributed by atoms with van der Waals surface area (Å²) in [6, 6.07) is 2.16. The van der Waals surface area contributed by atoms with Gasteiger partial charge in [-0.2, -0.15) is 5.10 Å². The molecule has 5 heteroatoms. The van der Waals surface area contributed by atoms with E-state index in [1.54, 1.807) is 16.9 Å². The predicted octanol–water partition coefficient (Wildman–Crippen LogP) is 0.134. The van der Waals surface area contributed by atoms with Crippen LogP contribution in [-0.4, -0.2) is 21.7 Å². The molecule has 1 aliphatic rings. The Bertz CT molecular complexity index is 329. The van der Waals surface area contributed by atoms with Crippen molar-refractivity contribution in [3.8, 4) is 0 Å². The Hall–Kier alpha value is -1.52. The number of aryl methyl sites for hydroxylation is 1. The highest BCUT2D eigenvalue weighted by molar-refractivity contribution is 5.76. The van der Waals surface area contributed by atoms with Gasteiger partial charge in [-0.1, -0.05) is 0 Å². The molecule has 0 aliphatic heterocycles. The molecule has 14 heavy (non-hydrogen) atoms. The van der Waals surface area contributed by atoms with Crippen LogP contribution < -0.4 is 11.1 Å². The lowest BCUT2D eigenvalue weighted by Gasteiger charge is -2.02. The third-order valence-corrected chi connectivity index (χ3v) is 2.17. The standard InChI is InChI=1S/C9H14N4O/c10-8-3-5-13(12-8)6-4-9(14)11-7-1-2-7/h3,5,7H,1-2,4,6H2,(H2,10,12)(H,11,14). The fourth-order valence-corrected chi connectivity index (χ4v) is 1.25. The number of nitrogens with zero attached hydrogens (tertiary/aromatic N) is 2. The number of amides is 1. The molecule has 1 fully saturated rings. The van der Waals surface area contributed by atoms with E-state index >= 15 is 0 Å². The van der Waals surface area contributed by atoms with Gasteiger partial charge in [0.15, 0.2) is 0 Å². The predicted molar refractivity (Wildman–Crippen MR) is 52.4 cm³/mol. The first-order valence-electron chi connectivity index (χ1n) is 4.82. The molecule has 2 rings (SSSR count). The van der Waals surface area contributed by atoms with Gasteiger partial charge in [0.1, 0.15) is 5.82 Å². The van der Waals surface area contributed by atoms with Crippen LogP contribution in [0.4, 0.5) is 5.82 Å². The van der Waals surface area contributed by atoms with Crippen molar-refractivity contribution in [2.45, 2.75) is 31.8 Å². The average Bonchev–Trinajstić information content (AvgIpc) is 2.85. The van der Waals surface area contributed by atoms with Crippen molar-refractivity contribution in [1.82, 2.24) is 15.1 Å². The number of nitrogens with one attached hydrogen (secondary N) is 1. The summed E-state index contributed by atoms with van der Waals surface area (Å²) in [5.74, 6) is 0.592. The number of nitrogen functional groups attached to an aromatic ring is 1. The Morgan fingerprint density at radius 2 is 2.50 bits per heavy atom. The summed E-state index contributed by atoms with van der Waals surface area (Å²) in [6.07, 6.45) is 4.50. The normalized spacial score (nSPS) is 15.4. The molecule has 1 aromatic heterocycles. The summed E-state index contributed by atoms with van der Waals surface area (Å²) in [7, 11) is 0. The molecule has 1 heterocycles. The minimum absolute atomic E-state index is 0.0987. The van der Waals surface area contributed by atoms with Gasteiger partial charge in [0.05, 0.1) is 0 Å². The lowest BCUT2D eigenvalue weighted by atomic mass is 10.4. The summed E-state index contributed by atoms with van der Waals surface area (Å²) in [5, 5.41) is 6.91. The molecule has 1 saturated carbocycles. The molecule has 3 N–H and O–H groups in total. The number of aromatic nitrogens is 2. The zero-order valence-electron chi connectivity index (χ0n) is 7.94. The van der Waals surface area contributed by atoms with Gasteiger partial charge in [-0.3, -0.25) is 9.48 Å². The molecule has 0 bridgehead atoms. The second kappa shape index (κ2) is 3.69. The summed E-state index contributed by atoms with van der Waals surface area (Å²) in [6.45, 7) is 0.593. The highest BCUT2D eigenvalue weighted by Crippen LogP contribution is 2.18. The van der Waals surface area contributed by atoms with Gasteiger partial charge in [0.25, 0.3) is 0 Å². The molecular formula is C9H14N4O. The molecule has 0 spiro atoms. The van der Waals surface area contributed by atoms with E-state index in [1.807, 2.05) is 0 Å². The Morgan fingerprint density at radius 3 is 3.07 bits per heavy atom. The number of carbonyl (C=O) groups is 1. The first-order chi connectivity index (χ1) is 6.74. The van der Waals surface area contributed by atoms with Gasteiger partial charge in [-0.05, 0) is 18.9 Å². The third kappa shape index (κ3) is 2.48. The topological polar surface area (TPSA) is 72.9 Å². The van der Waals surface area contributed by atoms with Crippen LogP contribution in [0.2, 0.25) is 0 Å². The number of anilines is 1. The van der Waals surface area contributed by atoms with Crippen LogP contribution in [0.3, 0.4) is 0 Å². The molecular weight excluding hydrogens is 180 g/mol. The molecule has 0 atom stereocenters. The summed E-state index contributed by atoms with van der Waals surface area (Å²) in [4.78, 5) is 11.3. The van der Waals surface area contributed by atoms with Crippen LogP contribution in [0.1, 0.15) is 19.3 Å². The van der Waals surface area contributed by atoms with E-state index in [-0.39, 0.29) is 5.91 Å². The zero-order chi connectivity index (χ0) is 9.97. The number of hydrogen-bond donors (Lipinski definition) is 2. The smallest absolute Gasteiger partial charge is 0.222 e. The Balaban J connectivity index is 1.73. The molecule has 0 saturated heterocycles. The number of rotatable bonds is 4. The lowest BCUT2D eigenvalue weighted by molar-refractivity contribution is -0.121. The quantitative estimate of drug-likeness (QED) is 0.715. The lowest BCUT2D eigenvalue weighted by Crippen LogP contribution is -2.26. The molecule has 0 aromatic carbocycles. The molecule has 5 nitrogen and oxygen atoms in total. The van der Waals surface area contributed by atoms with E-state index in [4.69, 9.17) is 5.73 Å². The minimum Gasteiger partial charge on any atom is -0.382 e. The monoisotopic (exact) mass is 194 g/mol. The molecule has 1 aliphatic carbocycles. The maximum atomic E-state index is 11.3. The van der Waals surface area contributed by atoms with Gasteiger partial charge in [0, 0.05) is 25.2 Å². The second-order valence-corrected chi connectivity index (χ2v) is 3.60. The van der Waals surface area contributed by atoms with Gasteiger partial charge < -0.3 is 11.1 Å². The van der Waals surface area contributed by atoms with Crippen LogP contribution in [0.25, 0.3) is 0 Å². The maximum Gasteiger partial charge on any atom is 0.222 e. The first kappa shape index (κ1) is 9.05. The number of carbonyl (C=O) groups excluding carboxylic acids is 1. The summed E-state index contributed by atoms with van der Waals surface area (Å²) >= 11 is 0. The van der Waals surface area contributed by atoms with E-state index in [9.17, 15) is 4.79 Å². The zero-order valence-corrected chi connectivity index (χ0v) is 7.94. The number of hydrogen-bond acceptors (Lipinski definition) is 3. The van der Waals surface area contributed by atoms with Crippen molar-refractivity contribution in [3.05, 3.63) is 12.3 Å². The van der Waals surface area contributed by atoms with Crippen LogP contribution >= 0.6 is 0 Å². The van der Waals surface area contributed by atoms with Crippen LogP contribution in [0, 0.1) is 0 Å². The van der Waals surface area contributed by atoms with Gasteiger partial charge in [0.2, 0.25) is 5.91 Å². The Kier molecular flexibility index (Phi) is 2.39. The Morgan fingerprint density at radius 1 is 1.71 bits per heavy atom. The molecule has 1 aromatic rings. The maximum absolute atomic E-state index is 11.3. The van der Waals surface area contributed by atoms with Crippen molar-refractivity contribution in [1.29, 1.82) is 0 Å². The van der Waals surface area contributed by atoms with Crippen molar-refractivity contribution >= 4 is 11.7 Å². The van der Waals surface area contributed by atoms with E-state index in [1.165, 1.54) is 0 Å². The van der Waals surface area contributed by atoms with Crippen molar-refractivity contribution in [2.24, 2.45) is 0 Å². The van der Waals surface area contributed by atoms with E-state index in [0.29, 0.717) is 24.8 Å². The van der Waals surface area contributed by atoms with E-state index < -0.39 is 0 Å². The van der Waals surface area contributed by atoms with Crippen molar-refractivity contribution < 1.29 is 4.79 Å². The highest BCUT2D eigenvalue weighted by atomic mass is 16.1. The van der Waals surface area contributed by atoms with Crippen LogP contribution in [-0.2, 0) is 11.3 Å². The van der Waals surface area contributed by atoms with Gasteiger partial charge >= 0.3 is 0 Å². The van der Waals surface area contributed by atoms with Gasteiger partial charge in [-0.15, -0.1) is 0 Å². The minimum atomic E-state index is 0.0987. The third-order valence-electron chi connectivity index (χ3n) is 2.17.